The molecule has 130 valence electrons. The number of hydrogen-bond acceptors (Lipinski definition) is 3. The average molecular weight is 339 g/mol. The Bertz CT molecular complexity index is 761. The van der Waals surface area contributed by atoms with Gasteiger partial charge in [-0.2, -0.15) is 0 Å². The molecule has 0 aliphatic carbocycles. The van der Waals surface area contributed by atoms with Crippen molar-refractivity contribution in [2.75, 3.05) is 31.6 Å². The molecule has 0 radical (unpaired) electrons. The van der Waals surface area contributed by atoms with Gasteiger partial charge in [0.1, 0.15) is 6.54 Å². The Kier molecular flexibility index (Phi) is 4.57. The van der Waals surface area contributed by atoms with E-state index in [4.69, 9.17) is 9.47 Å². The van der Waals surface area contributed by atoms with E-state index < -0.39 is 0 Å². The van der Waals surface area contributed by atoms with Crippen LogP contribution in [0, 0.1) is 0 Å². The highest BCUT2D eigenvalue weighted by atomic mass is 16.5. The Hall–Kier alpha value is -2.53. The van der Waals surface area contributed by atoms with Gasteiger partial charge < -0.3 is 19.7 Å². The smallest absolute Gasteiger partial charge is 0.279 e. The minimum Gasteiger partial charge on any atom is -0.490 e. The lowest BCUT2D eigenvalue weighted by molar-refractivity contribution is -0.907. The molecule has 1 unspecified atom stereocenters. The average Bonchev–Trinajstić information content (AvgIpc) is 2.85. The van der Waals surface area contributed by atoms with Gasteiger partial charge in [-0.15, -0.1) is 0 Å². The fraction of sp³-hybridized carbons (Fsp3) is 0.350. The number of carbonyl (C=O) groups is 1. The van der Waals surface area contributed by atoms with Crippen LogP contribution in [0.25, 0.3) is 0 Å². The lowest BCUT2D eigenvalue weighted by Crippen LogP contribution is -3.12. The minimum atomic E-state index is 0.0546. The Balaban J connectivity index is 1.42. The first-order valence-electron chi connectivity index (χ1n) is 8.88. The predicted octanol–water partition coefficient (Wildman–Crippen LogP) is 1.43. The molecule has 4 rings (SSSR count). The summed E-state index contributed by atoms with van der Waals surface area (Å²) in [7, 11) is 0. The molecule has 2 aliphatic rings. The predicted molar refractivity (Wildman–Crippen MR) is 95.2 cm³/mol. The molecule has 25 heavy (non-hydrogen) atoms. The summed E-state index contributed by atoms with van der Waals surface area (Å²) in [5.74, 6) is 1.76. The quantitative estimate of drug-likeness (QED) is 0.889. The van der Waals surface area contributed by atoms with Crippen molar-refractivity contribution in [1.82, 2.24) is 0 Å². The lowest BCUT2D eigenvalue weighted by Gasteiger charge is -2.26. The third-order valence-corrected chi connectivity index (χ3v) is 4.73. The first-order valence-corrected chi connectivity index (χ1v) is 8.88. The lowest BCUT2D eigenvalue weighted by atomic mass is 9.99. The molecule has 2 aliphatic heterocycles. The second-order valence-corrected chi connectivity index (χ2v) is 6.64. The molecular formula is C20H23N2O3+. The molecule has 0 fully saturated rings. The number of carbonyl (C=O) groups excluding carboxylic acids is 1. The fourth-order valence-electron chi connectivity index (χ4n) is 3.46. The largest absolute Gasteiger partial charge is 0.490 e. The summed E-state index contributed by atoms with van der Waals surface area (Å²) in [6, 6.07) is 13.8. The Morgan fingerprint density at radius 1 is 1.04 bits per heavy atom. The van der Waals surface area contributed by atoms with Gasteiger partial charge in [0.15, 0.2) is 18.0 Å². The van der Waals surface area contributed by atoms with Gasteiger partial charge >= 0.3 is 0 Å². The van der Waals surface area contributed by atoms with Gasteiger partial charge in [-0.1, -0.05) is 18.2 Å². The molecule has 0 saturated carbocycles. The van der Waals surface area contributed by atoms with Crippen LogP contribution in [0.2, 0.25) is 0 Å². The summed E-state index contributed by atoms with van der Waals surface area (Å²) in [4.78, 5) is 13.6. The zero-order valence-corrected chi connectivity index (χ0v) is 14.2. The Labute approximate surface area is 147 Å². The van der Waals surface area contributed by atoms with Gasteiger partial charge in [-0.3, -0.25) is 4.79 Å². The zero-order valence-electron chi connectivity index (χ0n) is 14.2. The summed E-state index contributed by atoms with van der Waals surface area (Å²) in [6.07, 6.45) is 1.87. The fourth-order valence-corrected chi connectivity index (χ4v) is 3.46. The number of amides is 1. The number of ether oxygens (including phenoxy) is 2. The van der Waals surface area contributed by atoms with Crippen LogP contribution >= 0.6 is 0 Å². The van der Waals surface area contributed by atoms with E-state index in [1.165, 1.54) is 16.0 Å². The van der Waals surface area contributed by atoms with Crippen molar-refractivity contribution < 1.29 is 19.2 Å². The highest BCUT2D eigenvalue weighted by Crippen LogP contribution is 2.33. The van der Waals surface area contributed by atoms with E-state index in [0.717, 1.165) is 43.1 Å². The zero-order chi connectivity index (χ0) is 17.1. The molecule has 0 spiro atoms. The number of fused-ring (bicyclic) bond motifs is 2. The maximum atomic E-state index is 12.3. The molecule has 0 saturated heterocycles. The van der Waals surface area contributed by atoms with Crippen LogP contribution in [0.15, 0.2) is 42.5 Å². The number of para-hydroxylation sites is 1. The molecule has 0 bridgehead atoms. The van der Waals surface area contributed by atoms with Crippen LogP contribution in [-0.2, 0) is 17.8 Å². The number of rotatable bonds is 3. The highest BCUT2D eigenvalue weighted by molar-refractivity contribution is 5.91. The maximum absolute atomic E-state index is 12.3. The van der Waals surface area contributed by atoms with Crippen molar-refractivity contribution in [2.45, 2.75) is 19.4 Å². The molecule has 1 amide bonds. The Morgan fingerprint density at radius 3 is 2.52 bits per heavy atom. The first-order chi connectivity index (χ1) is 12.3. The standard InChI is InChI=1S/C20H22N2O3/c23-20(21-17-5-2-1-3-6-17)14-22-8-7-15-11-18-19(12-16(15)13-22)25-10-4-9-24-18/h1-3,5-6,11-12H,4,7-10,13-14H2,(H,21,23)/p+1. The minimum absolute atomic E-state index is 0.0546. The summed E-state index contributed by atoms with van der Waals surface area (Å²) in [6.45, 7) is 3.68. The summed E-state index contributed by atoms with van der Waals surface area (Å²) in [5.41, 5.74) is 3.43. The summed E-state index contributed by atoms with van der Waals surface area (Å²) in [5, 5.41) is 2.97. The van der Waals surface area contributed by atoms with Crippen molar-refractivity contribution in [2.24, 2.45) is 0 Å². The van der Waals surface area contributed by atoms with E-state index >= 15 is 0 Å². The maximum Gasteiger partial charge on any atom is 0.279 e. The molecular weight excluding hydrogens is 316 g/mol. The molecule has 5 heteroatoms. The van der Waals surface area contributed by atoms with Crippen molar-refractivity contribution in [1.29, 1.82) is 0 Å². The summed E-state index contributed by atoms with van der Waals surface area (Å²) < 4.78 is 11.6. The monoisotopic (exact) mass is 339 g/mol. The highest BCUT2D eigenvalue weighted by Gasteiger charge is 2.24. The van der Waals surface area contributed by atoms with Gasteiger partial charge in [0.2, 0.25) is 0 Å². The van der Waals surface area contributed by atoms with Crippen molar-refractivity contribution in [3.05, 3.63) is 53.6 Å². The second kappa shape index (κ2) is 7.15. The molecule has 5 nitrogen and oxygen atoms in total. The van der Waals surface area contributed by atoms with Crippen LogP contribution in [0.3, 0.4) is 0 Å². The van der Waals surface area contributed by atoms with Crippen molar-refractivity contribution in [3.8, 4) is 11.5 Å². The van der Waals surface area contributed by atoms with Gasteiger partial charge in [0, 0.05) is 24.1 Å². The summed E-state index contributed by atoms with van der Waals surface area (Å²) >= 11 is 0. The van der Waals surface area contributed by atoms with Crippen LogP contribution in [-0.4, -0.2) is 32.2 Å². The van der Waals surface area contributed by atoms with Crippen molar-refractivity contribution in [3.63, 3.8) is 0 Å². The first kappa shape index (κ1) is 16.0. The van der Waals surface area contributed by atoms with Crippen LogP contribution in [0.4, 0.5) is 5.69 Å². The van der Waals surface area contributed by atoms with Crippen LogP contribution in [0.5, 0.6) is 11.5 Å². The number of benzene rings is 2. The van der Waals surface area contributed by atoms with E-state index in [9.17, 15) is 4.79 Å². The SMILES string of the molecule is O=C(C[NH+]1CCc2cc3c(cc2C1)OCCCO3)Nc1ccccc1. The third kappa shape index (κ3) is 3.77. The molecule has 2 aromatic carbocycles. The van der Waals surface area contributed by atoms with Crippen molar-refractivity contribution >= 4 is 11.6 Å². The topological polar surface area (TPSA) is 52.0 Å². The third-order valence-electron chi connectivity index (χ3n) is 4.73. The number of quaternary nitrogens is 1. The molecule has 0 aromatic heterocycles. The Morgan fingerprint density at radius 2 is 1.76 bits per heavy atom. The van der Waals surface area contributed by atoms with Crippen LogP contribution in [0.1, 0.15) is 17.5 Å². The van der Waals surface area contributed by atoms with Gasteiger partial charge in [-0.25, -0.2) is 0 Å². The van der Waals surface area contributed by atoms with Gasteiger partial charge in [0.25, 0.3) is 5.91 Å². The van der Waals surface area contributed by atoms with E-state index in [1.54, 1.807) is 0 Å². The molecule has 2 heterocycles. The number of anilines is 1. The molecule has 1 atom stereocenters. The normalized spacial score (nSPS) is 18.8. The van der Waals surface area contributed by atoms with Crippen LogP contribution < -0.4 is 19.7 Å². The number of hydrogen-bond donors (Lipinski definition) is 2. The van der Waals surface area contributed by atoms with Gasteiger partial charge in [0.05, 0.1) is 19.8 Å². The van der Waals surface area contributed by atoms with E-state index in [-0.39, 0.29) is 5.91 Å². The second-order valence-electron chi connectivity index (χ2n) is 6.64. The molecule has 2 N–H and O–H groups in total. The van der Waals surface area contributed by atoms with E-state index in [2.05, 4.69) is 17.4 Å². The molecule has 2 aromatic rings. The van der Waals surface area contributed by atoms with E-state index in [1.807, 2.05) is 30.3 Å². The van der Waals surface area contributed by atoms with Gasteiger partial charge in [-0.05, 0) is 29.8 Å². The van der Waals surface area contributed by atoms with E-state index in [0.29, 0.717) is 19.8 Å². The number of nitrogens with one attached hydrogen (secondary N) is 2.